The minimum atomic E-state index is -0.391. The zero-order valence-corrected chi connectivity index (χ0v) is 12.6. The van der Waals surface area contributed by atoms with Gasteiger partial charge < -0.3 is 10.1 Å². The van der Waals surface area contributed by atoms with Crippen molar-refractivity contribution in [1.82, 2.24) is 9.97 Å². The SMILES string of the molecule is CCCc1cc(NCC)nc(-c2ccc(F)c(OC)c2)n1. The average Bonchev–Trinajstić information content (AvgIpc) is 2.48. The Balaban J connectivity index is 2.46. The molecule has 0 spiro atoms. The monoisotopic (exact) mass is 289 g/mol. The van der Waals surface area contributed by atoms with E-state index in [0.717, 1.165) is 36.5 Å². The summed E-state index contributed by atoms with van der Waals surface area (Å²) in [6.07, 6.45) is 1.89. The van der Waals surface area contributed by atoms with Crippen molar-refractivity contribution in [3.8, 4) is 17.1 Å². The Morgan fingerprint density at radius 1 is 1.19 bits per heavy atom. The van der Waals surface area contributed by atoms with Crippen LogP contribution in [0.1, 0.15) is 26.0 Å². The first-order chi connectivity index (χ1) is 10.2. The van der Waals surface area contributed by atoms with Crippen molar-refractivity contribution in [2.24, 2.45) is 0 Å². The van der Waals surface area contributed by atoms with E-state index in [1.54, 1.807) is 12.1 Å². The maximum absolute atomic E-state index is 13.5. The molecule has 0 atom stereocenters. The number of nitrogens with one attached hydrogen (secondary N) is 1. The van der Waals surface area contributed by atoms with Crippen LogP contribution in [-0.2, 0) is 6.42 Å². The van der Waals surface area contributed by atoms with Gasteiger partial charge in [-0.2, -0.15) is 0 Å². The van der Waals surface area contributed by atoms with Gasteiger partial charge in [-0.05, 0) is 31.5 Å². The van der Waals surface area contributed by atoms with Crippen molar-refractivity contribution in [2.75, 3.05) is 19.0 Å². The molecular weight excluding hydrogens is 269 g/mol. The number of methoxy groups -OCH3 is 1. The third-order valence-electron chi connectivity index (χ3n) is 3.05. The van der Waals surface area contributed by atoms with E-state index in [-0.39, 0.29) is 5.75 Å². The van der Waals surface area contributed by atoms with Gasteiger partial charge in [0.15, 0.2) is 17.4 Å². The van der Waals surface area contributed by atoms with Crippen molar-refractivity contribution in [3.05, 3.63) is 35.8 Å². The van der Waals surface area contributed by atoms with Gasteiger partial charge in [0.2, 0.25) is 0 Å². The summed E-state index contributed by atoms with van der Waals surface area (Å²) < 4.78 is 18.5. The summed E-state index contributed by atoms with van der Waals surface area (Å²) in [6.45, 7) is 4.91. The van der Waals surface area contributed by atoms with E-state index >= 15 is 0 Å². The maximum atomic E-state index is 13.5. The fourth-order valence-corrected chi connectivity index (χ4v) is 2.08. The van der Waals surface area contributed by atoms with Gasteiger partial charge in [0, 0.05) is 23.9 Å². The predicted molar refractivity (Wildman–Crippen MR) is 82.1 cm³/mol. The number of aryl methyl sites for hydroxylation is 1. The number of hydrogen-bond donors (Lipinski definition) is 1. The van der Waals surface area contributed by atoms with E-state index in [1.165, 1.54) is 13.2 Å². The summed E-state index contributed by atoms with van der Waals surface area (Å²) in [5.41, 5.74) is 1.71. The smallest absolute Gasteiger partial charge is 0.165 e. The van der Waals surface area contributed by atoms with E-state index in [9.17, 15) is 4.39 Å². The van der Waals surface area contributed by atoms with Crippen LogP contribution >= 0.6 is 0 Å². The molecule has 4 nitrogen and oxygen atoms in total. The van der Waals surface area contributed by atoms with Gasteiger partial charge in [-0.25, -0.2) is 14.4 Å². The van der Waals surface area contributed by atoms with Crippen LogP contribution in [0.15, 0.2) is 24.3 Å². The summed E-state index contributed by atoms with van der Waals surface area (Å²) in [5, 5.41) is 3.20. The number of anilines is 1. The molecule has 112 valence electrons. The summed E-state index contributed by atoms with van der Waals surface area (Å²) in [6, 6.07) is 6.61. The lowest BCUT2D eigenvalue weighted by molar-refractivity contribution is 0.387. The number of nitrogens with zero attached hydrogens (tertiary/aromatic N) is 2. The van der Waals surface area contributed by atoms with E-state index in [2.05, 4.69) is 22.2 Å². The lowest BCUT2D eigenvalue weighted by Crippen LogP contribution is -2.04. The predicted octanol–water partition coefficient (Wildman–Crippen LogP) is 3.68. The first-order valence-electron chi connectivity index (χ1n) is 7.13. The van der Waals surface area contributed by atoms with E-state index in [0.29, 0.717) is 5.82 Å². The standard InChI is InChI=1S/C16H20FN3O/c1-4-6-12-10-15(18-5-2)20-16(19-12)11-7-8-13(17)14(9-11)21-3/h7-10H,4-6H2,1-3H3,(H,18,19,20). The minimum Gasteiger partial charge on any atom is -0.494 e. The highest BCUT2D eigenvalue weighted by atomic mass is 19.1. The molecule has 1 aromatic heterocycles. The van der Waals surface area contributed by atoms with Gasteiger partial charge in [-0.15, -0.1) is 0 Å². The number of benzene rings is 1. The molecule has 0 aliphatic heterocycles. The highest BCUT2D eigenvalue weighted by Gasteiger charge is 2.10. The van der Waals surface area contributed by atoms with Gasteiger partial charge in [0.25, 0.3) is 0 Å². The third-order valence-corrected chi connectivity index (χ3v) is 3.05. The van der Waals surface area contributed by atoms with E-state index in [4.69, 9.17) is 4.74 Å². The van der Waals surface area contributed by atoms with Crippen molar-refractivity contribution < 1.29 is 9.13 Å². The number of aromatic nitrogens is 2. The first kappa shape index (κ1) is 15.2. The summed E-state index contributed by atoms with van der Waals surface area (Å²) in [5.74, 6) is 1.17. The highest BCUT2D eigenvalue weighted by Crippen LogP contribution is 2.25. The van der Waals surface area contributed by atoms with Gasteiger partial charge >= 0.3 is 0 Å². The number of halogens is 1. The quantitative estimate of drug-likeness (QED) is 0.881. The zero-order valence-electron chi connectivity index (χ0n) is 12.6. The van der Waals surface area contributed by atoms with Gasteiger partial charge in [-0.3, -0.25) is 0 Å². The first-order valence-corrected chi connectivity index (χ1v) is 7.13. The van der Waals surface area contributed by atoms with Crippen molar-refractivity contribution >= 4 is 5.82 Å². The van der Waals surface area contributed by atoms with Crippen LogP contribution in [0.4, 0.5) is 10.2 Å². The zero-order chi connectivity index (χ0) is 15.2. The molecule has 0 unspecified atom stereocenters. The lowest BCUT2D eigenvalue weighted by Gasteiger charge is -2.10. The summed E-state index contributed by atoms with van der Waals surface area (Å²) >= 11 is 0. The van der Waals surface area contributed by atoms with Gasteiger partial charge in [0.1, 0.15) is 5.82 Å². The molecule has 1 N–H and O–H groups in total. The number of rotatable bonds is 6. The number of ether oxygens (including phenoxy) is 1. The van der Waals surface area contributed by atoms with Gasteiger partial charge in [0.05, 0.1) is 7.11 Å². The molecule has 0 aliphatic carbocycles. The molecule has 0 saturated heterocycles. The van der Waals surface area contributed by atoms with Crippen LogP contribution in [0.25, 0.3) is 11.4 Å². The Morgan fingerprint density at radius 3 is 2.67 bits per heavy atom. The summed E-state index contributed by atoms with van der Waals surface area (Å²) in [4.78, 5) is 9.03. The molecule has 21 heavy (non-hydrogen) atoms. The third kappa shape index (κ3) is 3.68. The van der Waals surface area contributed by atoms with Crippen molar-refractivity contribution in [1.29, 1.82) is 0 Å². The van der Waals surface area contributed by atoms with Crippen LogP contribution in [0.5, 0.6) is 5.75 Å². The minimum absolute atomic E-state index is 0.196. The topological polar surface area (TPSA) is 47.0 Å². The van der Waals surface area contributed by atoms with E-state index in [1.807, 2.05) is 13.0 Å². The fraction of sp³-hybridized carbons (Fsp3) is 0.375. The second kappa shape index (κ2) is 7.02. The Labute approximate surface area is 124 Å². The molecule has 0 fully saturated rings. The second-order valence-electron chi connectivity index (χ2n) is 4.70. The van der Waals surface area contributed by atoms with Crippen LogP contribution in [0.3, 0.4) is 0 Å². The Morgan fingerprint density at radius 2 is 2.00 bits per heavy atom. The van der Waals surface area contributed by atoms with Crippen LogP contribution in [0, 0.1) is 5.82 Å². The maximum Gasteiger partial charge on any atom is 0.165 e. The molecule has 0 radical (unpaired) electrons. The van der Waals surface area contributed by atoms with Crippen molar-refractivity contribution in [3.63, 3.8) is 0 Å². The average molecular weight is 289 g/mol. The van der Waals surface area contributed by atoms with Crippen LogP contribution in [-0.4, -0.2) is 23.6 Å². The van der Waals surface area contributed by atoms with Crippen LogP contribution in [0.2, 0.25) is 0 Å². The molecule has 2 aromatic rings. The van der Waals surface area contributed by atoms with Crippen molar-refractivity contribution in [2.45, 2.75) is 26.7 Å². The lowest BCUT2D eigenvalue weighted by atomic mass is 10.1. The Hall–Kier alpha value is -2.17. The van der Waals surface area contributed by atoms with Gasteiger partial charge in [-0.1, -0.05) is 13.3 Å². The number of hydrogen-bond acceptors (Lipinski definition) is 4. The summed E-state index contributed by atoms with van der Waals surface area (Å²) in [7, 11) is 1.45. The fourth-order valence-electron chi connectivity index (χ4n) is 2.08. The Bertz CT molecular complexity index is 592. The molecular formula is C16H20FN3O. The normalized spacial score (nSPS) is 10.5. The molecule has 0 amide bonds. The molecule has 5 heteroatoms. The molecule has 1 aromatic carbocycles. The largest absolute Gasteiger partial charge is 0.494 e. The molecule has 2 rings (SSSR count). The van der Waals surface area contributed by atoms with E-state index < -0.39 is 5.82 Å². The highest BCUT2D eigenvalue weighted by molar-refractivity contribution is 5.60. The molecule has 0 saturated carbocycles. The molecule has 0 bridgehead atoms. The Kier molecular flexibility index (Phi) is 5.09. The molecule has 0 aliphatic rings. The molecule has 1 heterocycles. The van der Waals surface area contributed by atoms with Crippen LogP contribution < -0.4 is 10.1 Å². The second-order valence-corrected chi connectivity index (χ2v) is 4.70.